The minimum Gasteiger partial charge on any atom is -0.396 e. The van der Waals surface area contributed by atoms with Gasteiger partial charge in [0.15, 0.2) is 5.82 Å². The van der Waals surface area contributed by atoms with E-state index in [1.165, 1.54) is 0 Å². The molecule has 2 aromatic rings. The number of amides is 3. The fourth-order valence-corrected chi connectivity index (χ4v) is 2.05. The number of aryl methyl sites for hydroxylation is 1. The molecule has 0 bridgehead atoms. The zero-order chi connectivity index (χ0) is 16.7. The molecule has 1 aromatic carbocycles. The molecule has 8 heteroatoms. The van der Waals surface area contributed by atoms with E-state index < -0.39 is 11.9 Å². The number of urea groups is 1. The van der Waals surface area contributed by atoms with Gasteiger partial charge in [0.2, 0.25) is 0 Å². The van der Waals surface area contributed by atoms with Crippen LogP contribution in [0.1, 0.15) is 23.2 Å². The lowest BCUT2D eigenvalue weighted by Crippen LogP contribution is -2.38. The van der Waals surface area contributed by atoms with E-state index in [4.69, 9.17) is 5.11 Å². The molecule has 7 nitrogen and oxygen atoms in total. The van der Waals surface area contributed by atoms with Crippen LogP contribution in [0.5, 0.6) is 0 Å². The quantitative estimate of drug-likeness (QED) is 0.556. The lowest BCUT2D eigenvalue weighted by molar-refractivity contribution is 0.0966. The van der Waals surface area contributed by atoms with E-state index >= 15 is 0 Å². The summed E-state index contributed by atoms with van der Waals surface area (Å²) in [7, 11) is 0. The number of nitrogens with one attached hydrogen (secondary N) is 1. The van der Waals surface area contributed by atoms with Crippen LogP contribution >= 0.6 is 12.8 Å². The van der Waals surface area contributed by atoms with E-state index in [0.29, 0.717) is 24.3 Å². The standard InChI is InChI=1S/C15H18N4O3S/c20-11-5-4-9-18-10-8-13(17-18)19(23)15(22)16-14(21)12-6-2-1-3-7-12/h1-3,6-8,10,20,23H,4-5,9,11H2,(H,16,21,22). The smallest absolute Gasteiger partial charge is 0.340 e. The zero-order valence-corrected chi connectivity index (χ0v) is 13.3. The minimum atomic E-state index is -0.678. The molecule has 0 unspecified atom stereocenters. The molecule has 1 aromatic heterocycles. The average molecular weight is 334 g/mol. The summed E-state index contributed by atoms with van der Waals surface area (Å²) in [6.07, 6.45) is 3.18. The maximum Gasteiger partial charge on any atom is 0.340 e. The number of rotatable bonds is 6. The number of hydrogen-bond donors (Lipinski definition) is 3. The Morgan fingerprint density at radius 1 is 1.22 bits per heavy atom. The van der Waals surface area contributed by atoms with Crippen molar-refractivity contribution in [1.29, 1.82) is 0 Å². The summed E-state index contributed by atoms with van der Waals surface area (Å²) in [4.78, 5) is 24.0. The second-order valence-electron chi connectivity index (χ2n) is 4.80. The third-order valence-electron chi connectivity index (χ3n) is 3.09. The maximum atomic E-state index is 12.0. The number of nitrogens with zero attached hydrogens (tertiary/aromatic N) is 3. The normalized spacial score (nSPS) is 10.3. The van der Waals surface area contributed by atoms with Crippen molar-refractivity contribution < 1.29 is 14.7 Å². The van der Waals surface area contributed by atoms with Crippen LogP contribution in [0.25, 0.3) is 0 Å². The van der Waals surface area contributed by atoms with Crippen molar-refractivity contribution in [3.8, 4) is 0 Å². The van der Waals surface area contributed by atoms with Crippen LogP contribution < -0.4 is 9.62 Å². The number of hydrogen-bond acceptors (Lipinski definition) is 5. The Bertz CT molecular complexity index is 660. The molecule has 3 amide bonds. The summed E-state index contributed by atoms with van der Waals surface area (Å²) in [6.45, 7) is 0.767. The van der Waals surface area contributed by atoms with Gasteiger partial charge in [-0.15, -0.1) is 0 Å². The Morgan fingerprint density at radius 3 is 2.65 bits per heavy atom. The van der Waals surface area contributed by atoms with Crippen molar-refractivity contribution >= 4 is 30.6 Å². The molecule has 0 saturated heterocycles. The first-order valence-corrected chi connectivity index (χ1v) is 7.55. The highest BCUT2D eigenvalue weighted by molar-refractivity contribution is 7.82. The highest BCUT2D eigenvalue weighted by Crippen LogP contribution is 2.13. The molecular formula is C15H18N4O3S. The van der Waals surface area contributed by atoms with Gasteiger partial charge in [0, 0.05) is 31.0 Å². The highest BCUT2D eigenvalue weighted by Gasteiger charge is 2.18. The molecule has 0 spiro atoms. The van der Waals surface area contributed by atoms with Crippen LogP contribution in [-0.4, -0.2) is 33.4 Å². The van der Waals surface area contributed by atoms with Crippen LogP contribution in [0.4, 0.5) is 10.6 Å². The lowest BCUT2D eigenvalue weighted by atomic mass is 10.2. The van der Waals surface area contributed by atoms with Gasteiger partial charge in [0.1, 0.15) is 0 Å². The summed E-state index contributed by atoms with van der Waals surface area (Å²) in [5.74, 6) is -0.187. The van der Waals surface area contributed by atoms with Gasteiger partial charge in [0.05, 0.1) is 0 Å². The molecule has 0 atom stereocenters. The first-order valence-electron chi connectivity index (χ1n) is 7.15. The van der Waals surface area contributed by atoms with E-state index in [9.17, 15) is 9.59 Å². The van der Waals surface area contributed by atoms with E-state index in [2.05, 4.69) is 23.2 Å². The molecule has 0 aliphatic carbocycles. The second kappa shape index (κ2) is 8.35. The molecule has 0 aliphatic rings. The molecule has 23 heavy (non-hydrogen) atoms. The minimum absolute atomic E-state index is 0.136. The number of aliphatic hydroxyl groups excluding tert-OH is 1. The number of carbonyl (C=O) groups excluding carboxylic acids is 2. The Balaban J connectivity index is 1.93. The molecule has 0 aliphatic heterocycles. The first kappa shape index (κ1) is 17.0. The third kappa shape index (κ3) is 4.83. The van der Waals surface area contributed by atoms with Crippen molar-refractivity contribution in [1.82, 2.24) is 15.1 Å². The van der Waals surface area contributed by atoms with Gasteiger partial charge in [-0.05, 0) is 25.0 Å². The van der Waals surface area contributed by atoms with Gasteiger partial charge in [-0.2, -0.15) is 5.10 Å². The largest absolute Gasteiger partial charge is 0.396 e. The molecule has 2 rings (SSSR count). The zero-order valence-electron chi connectivity index (χ0n) is 12.4. The average Bonchev–Trinajstić information content (AvgIpc) is 3.04. The van der Waals surface area contributed by atoms with Crippen LogP contribution in [0.2, 0.25) is 0 Å². The summed E-state index contributed by atoms with van der Waals surface area (Å²) >= 11 is 4.08. The first-order chi connectivity index (χ1) is 11.1. The van der Waals surface area contributed by atoms with Gasteiger partial charge in [-0.1, -0.05) is 31.0 Å². The molecule has 2 N–H and O–H groups in total. The Morgan fingerprint density at radius 2 is 1.96 bits per heavy atom. The number of aromatic nitrogens is 2. The number of unbranched alkanes of at least 4 members (excludes halogenated alkanes) is 1. The number of thiol groups is 1. The van der Waals surface area contributed by atoms with Gasteiger partial charge in [-0.3, -0.25) is 14.8 Å². The molecule has 0 saturated carbocycles. The SMILES string of the molecule is O=C(NC(=O)N(S)c1ccn(CCCCO)n1)c1ccccc1. The van der Waals surface area contributed by atoms with Gasteiger partial charge < -0.3 is 5.11 Å². The summed E-state index contributed by atoms with van der Waals surface area (Å²) in [5, 5.41) is 15.2. The van der Waals surface area contributed by atoms with Gasteiger partial charge >= 0.3 is 6.03 Å². The van der Waals surface area contributed by atoms with Crippen molar-refractivity contribution in [2.75, 3.05) is 10.9 Å². The monoisotopic (exact) mass is 334 g/mol. The summed E-state index contributed by atoms with van der Waals surface area (Å²) in [5.41, 5.74) is 0.386. The molecule has 0 fully saturated rings. The number of benzene rings is 1. The molecule has 122 valence electrons. The van der Waals surface area contributed by atoms with Crippen molar-refractivity contribution in [3.05, 3.63) is 48.2 Å². The predicted molar refractivity (Wildman–Crippen MR) is 89.3 cm³/mol. The Hall–Kier alpha value is -2.32. The fraction of sp³-hybridized carbons (Fsp3) is 0.267. The Kier molecular flexibility index (Phi) is 6.19. The Labute approximate surface area is 139 Å². The number of anilines is 1. The molecule has 1 heterocycles. The van der Waals surface area contributed by atoms with Crippen molar-refractivity contribution in [3.63, 3.8) is 0 Å². The van der Waals surface area contributed by atoms with Gasteiger partial charge in [-0.25, -0.2) is 9.10 Å². The van der Waals surface area contributed by atoms with E-state index in [1.54, 1.807) is 47.3 Å². The topological polar surface area (TPSA) is 87.5 Å². The van der Waals surface area contributed by atoms with Crippen LogP contribution in [0, 0.1) is 0 Å². The third-order valence-corrected chi connectivity index (χ3v) is 3.47. The summed E-state index contributed by atoms with van der Waals surface area (Å²) < 4.78 is 2.63. The predicted octanol–water partition coefficient (Wildman–Crippen LogP) is 1.86. The fourth-order valence-electron chi connectivity index (χ4n) is 1.89. The van der Waals surface area contributed by atoms with E-state index in [1.807, 2.05) is 0 Å². The number of imide groups is 1. The molecular weight excluding hydrogens is 316 g/mol. The highest BCUT2D eigenvalue weighted by atomic mass is 32.1. The van der Waals surface area contributed by atoms with Crippen molar-refractivity contribution in [2.24, 2.45) is 0 Å². The number of aliphatic hydroxyl groups is 1. The van der Waals surface area contributed by atoms with E-state index in [0.717, 1.165) is 10.7 Å². The number of carbonyl (C=O) groups is 2. The van der Waals surface area contributed by atoms with Crippen molar-refractivity contribution in [2.45, 2.75) is 19.4 Å². The molecule has 0 radical (unpaired) electrons. The lowest BCUT2D eigenvalue weighted by Gasteiger charge is -2.13. The second-order valence-corrected chi connectivity index (χ2v) is 5.20. The maximum absolute atomic E-state index is 12.0. The van der Waals surface area contributed by atoms with E-state index in [-0.39, 0.29) is 6.61 Å². The van der Waals surface area contributed by atoms with Crippen LogP contribution in [-0.2, 0) is 6.54 Å². The van der Waals surface area contributed by atoms with Gasteiger partial charge in [0.25, 0.3) is 5.91 Å². The van der Waals surface area contributed by atoms with Crippen LogP contribution in [0.15, 0.2) is 42.6 Å². The summed E-state index contributed by atoms with van der Waals surface area (Å²) in [6, 6.07) is 9.38. The van der Waals surface area contributed by atoms with Crippen LogP contribution in [0.3, 0.4) is 0 Å².